The molecular weight excluding hydrogens is 234 g/mol. The molecule has 1 aromatic heterocycles. The average molecular weight is 251 g/mol. The van der Waals surface area contributed by atoms with Crippen molar-refractivity contribution in [3.8, 4) is 0 Å². The predicted octanol–water partition coefficient (Wildman–Crippen LogP) is 0.394. The number of likely N-dealkylation sites (N-methyl/N-ethyl adjacent to an activating group) is 1. The maximum absolute atomic E-state index is 11.8. The summed E-state index contributed by atoms with van der Waals surface area (Å²) in [7, 11) is 1.71. The van der Waals surface area contributed by atoms with E-state index in [9.17, 15) is 9.59 Å². The number of carboxylic acid groups (broad SMARTS) is 1. The van der Waals surface area contributed by atoms with Crippen LogP contribution in [-0.4, -0.2) is 34.6 Å². The van der Waals surface area contributed by atoms with E-state index in [-0.39, 0.29) is 11.6 Å². The topological polar surface area (TPSA) is 91.3 Å². The summed E-state index contributed by atoms with van der Waals surface area (Å²) < 4.78 is 0. The van der Waals surface area contributed by atoms with E-state index in [2.05, 4.69) is 15.6 Å². The number of rotatable bonds is 5. The molecule has 0 aliphatic rings. The van der Waals surface area contributed by atoms with Crippen molar-refractivity contribution < 1.29 is 14.7 Å². The second kappa shape index (κ2) is 5.59. The highest BCUT2D eigenvalue weighted by Gasteiger charge is 2.24. The van der Waals surface area contributed by atoms with Gasteiger partial charge in [-0.15, -0.1) is 0 Å². The van der Waals surface area contributed by atoms with Crippen LogP contribution in [0.5, 0.6) is 0 Å². The quantitative estimate of drug-likeness (QED) is 0.704. The van der Waals surface area contributed by atoms with Gasteiger partial charge in [-0.3, -0.25) is 4.79 Å². The lowest BCUT2D eigenvalue weighted by atomic mass is 10.1. The Kier molecular flexibility index (Phi) is 4.38. The van der Waals surface area contributed by atoms with Gasteiger partial charge < -0.3 is 15.7 Å². The van der Waals surface area contributed by atoms with Crippen molar-refractivity contribution in [2.24, 2.45) is 0 Å². The fourth-order valence-corrected chi connectivity index (χ4v) is 1.17. The van der Waals surface area contributed by atoms with Gasteiger partial charge in [-0.25, -0.2) is 9.78 Å². The van der Waals surface area contributed by atoms with E-state index in [1.54, 1.807) is 27.0 Å². The van der Waals surface area contributed by atoms with Crippen LogP contribution in [0.15, 0.2) is 18.3 Å². The molecule has 0 saturated carbocycles. The number of carbonyl (C=O) groups excluding carboxylic acids is 1. The average Bonchev–Trinajstić information content (AvgIpc) is 2.36. The summed E-state index contributed by atoms with van der Waals surface area (Å²) in [6.07, 6.45) is 1.44. The molecule has 0 unspecified atom stereocenters. The molecule has 0 bridgehead atoms. The van der Waals surface area contributed by atoms with E-state index in [1.807, 2.05) is 0 Å². The molecule has 0 aliphatic carbocycles. The summed E-state index contributed by atoms with van der Waals surface area (Å²) in [5, 5.41) is 14.3. The van der Waals surface area contributed by atoms with Gasteiger partial charge >= 0.3 is 5.97 Å². The Labute approximate surface area is 105 Å². The fraction of sp³-hybridized carbons (Fsp3) is 0.417. The number of pyridine rings is 1. The standard InChI is InChI=1S/C12H17N3O3/c1-12(2,13-3)11(18)15-7-8-4-5-9(10(16)17)14-6-8/h4-6,13H,7H2,1-3H3,(H,15,18)(H,16,17). The van der Waals surface area contributed by atoms with Gasteiger partial charge in [0.05, 0.1) is 5.54 Å². The number of hydrogen-bond donors (Lipinski definition) is 3. The number of aromatic carboxylic acids is 1. The third kappa shape index (κ3) is 3.53. The molecule has 98 valence electrons. The summed E-state index contributed by atoms with van der Waals surface area (Å²) in [4.78, 5) is 26.1. The first-order valence-corrected chi connectivity index (χ1v) is 5.52. The van der Waals surface area contributed by atoms with E-state index < -0.39 is 11.5 Å². The molecule has 3 N–H and O–H groups in total. The first kappa shape index (κ1) is 14.1. The van der Waals surface area contributed by atoms with Crippen molar-refractivity contribution in [2.75, 3.05) is 7.05 Å². The second-order valence-corrected chi connectivity index (χ2v) is 4.41. The molecule has 1 amide bonds. The Balaban J connectivity index is 2.59. The number of hydrogen-bond acceptors (Lipinski definition) is 4. The smallest absolute Gasteiger partial charge is 0.354 e. The van der Waals surface area contributed by atoms with Gasteiger partial charge in [-0.05, 0) is 32.5 Å². The first-order chi connectivity index (χ1) is 8.36. The minimum atomic E-state index is -1.07. The van der Waals surface area contributed by atoms with Crippen molar-refractivity contribution in [3.63, 3.8) is 0 Å². The Bertz CT molecular complexity index is 440. The summed E-state index contributed by atoms with van der Waals surface area (Å²) in [6, 6.07) is 3.04. The molecule has 0 fully saturated rings. The van der Waals surface area contributed by atoms with Crippen LogP contribution in [0.3, 0.4) is 0 Å². The Morgan fingerprint density at radius 1 is 1.39 bits per heavy atom. The molecule has 1 heterocycles. The third-order valence-corrected chi connectivity index (χ3v) is 2.69. The van der Waals surface area contributed by atoms with Gasteiger partial charge in [0, 0.05) is 12.7 Å². The van der Waals surface area contributed by atoms with Crippen LogP contribution in [0.1, 0.15) is 29.9 Å². The van der Waals surface area contributed by atoms with E-state index in [0.29, 0.717) is 6.54 Å². The molecule has 0 aliphatic heterocycles. The molecule has 0 radical (unpaired) electrons. The Morgan fingerprint density at radius 3 is 2.50 bits per heavy atom. The molecule has 0 atom stereocenters. The highest BCUT2D eigenvalue weighted by atomic mass is 16.4. The Morgan fingerprint density at radius 2 is 2.06 bits per heavy atom. The highest BCUT2D eigenvalue weighted by molar-refractivity contribution is 5.86. The molecule has 0 saturated heterocycles. The predicted molar refractivity (Wildman–Crippen MR) is 66.2 cm³/mol. The SMILES string of the molecule is CNC(C)(C)C(=O)NCc1ccc(C(=O)O)nc1. The van der Waals surface area contributed by atoms with Crippen molar-refractivity contribution in [2.45, 2.75) is 25.9 Å². The van der Waals surface area contributed by atoms with E-state index >= 15 is 0 Å². The maximum Gasteiger partial charge on any atom is 0.354 e. The summed E-state index contributed by atoms with van der Waals surface area (Å²) in [5.74, 6) is -1.20. The molecule has 1 rings (SSSR count). The van der Waals surface area contributed by atoms with Crippen molar-refractivity contribution in [1.82, 2.24) is 15.6 Å². The number of aromatic nitrogens is 1. The van der Waals surface area contributed by atoms with Gasteiger partial charge in [-0.2, -0.15) is 0 Å². The molecule has 6 nitrogen and oxygen atoms in total. The normalized spacial score (nSPS) is 11.1. The van der Waals surface area contributed by atoms with Crippen molar-refractivity contribution in [1.29, 1.82) is 0 Å². The summed E-state index contributed by atoms with van der Waals surface area (Å²) in [6.45, 7) is 3.86. The van der Waals surface area contributed by atoms with Gasteiger partial charge in [-0.1, -0.05) is 6.07 Å². The summed E-state index contributed by atoms with van der Waals surface area (Å²) >= 11 is 0. The minimum Gasteiger partial charge on any atom is -0.477 e. The summed E-state index contributed by atoms with van der Waals surface area (Å²) in [5.41, 5.74) is 0.0925. The fourth-order valence-electron chi connectivity index (χ4n) is 1.17. The largest absolute Gasteiger partial charge is 0.477 e. The zero-order valence-electron chi connectivity index (χ0n) is 10.7. The van der Waals surface area contributed by atoms with Crippen LogP contribution < -0.4 is 10.6 Å². The minimum absolute atomic E-state index is 0.0133. The van der Waals surface area contributed by atoms with Gasteiger partial charge in [0.15, 0.2) is 0 Å². The van der Waals surface area contributed by atoms with Gasteiger partial charge in [0.25, 0.3) is 0 Å². The lowest BCUT2D eigenvalue weighted by Gasteiger charge is -2.22. The molecule has 18 heavy (non-hydrogen) atoms. The van der Waals surface area contributed by atoms with Crippen LogP contribution in [-0.2, 0) is 11.3 Å². The Hall–Kier alpha value is -1.95. The van der Waals surface area contributed by atoms with Crippen molar-refractivity contribution >= 4 is 11.9 Å². The molecule has 0 spiro atoms. The van der Waals surface area contributed by atoms with Crippen LogP contribution in [0.2, 0.25) is 0 Å². The molecular formula is C12H17N3O3. The van der Waals surface area contributed by atoms with E-state index in [0.717, 1.165) is 5.56 Å². The molecule has 0 aromatic carbocycles. The maximum atomic E-state index is 11.8. The second-order valence-electron chi connectivity index (χ2n) is 4.41. The lowest BCUT2D eigenvalue weighted by molar-refractivity contribution is -0.126. The van der Waals surface area contributed by atoms with Gasteiger partial charge in [0.1, 0.15) is 5.69 Å². The van der Waals surface area contributed by atoms with Crippen LogP contribution >= 0.6 is 0 Å². The third-order valence-electron chi connectivity index (χ3n) is 2.69. The zero-order chi connectivity index (χ0) is 13.8. The first-order valence-electron chi connectivity index (χ1n) is 5.52. The highest BCUT2D eigenvalue weighted by Crippen LogP contribution is 2.03. The number of nitrogens with one attached hydrogen (secondary N) is 2. The monoisotopic (exact) mass is 251 g/mol. The van der Waals surface area contributed by atoms with Crippen LogP contribution in [0, 0.1) is 0 Å². The van der Waals surface area contributed by atoms with Crippen LogP contribution in [0.4, 0.5) is 0 Å². The molecule has 6 heteroatoms. The van der Waals surface area contributed by atoms with Crippen molar-refractivity contribution in [3.05, 3.63) is 29.6 Å². The van der Waals surface area contributed by atoms with E-state index in [4.69, 9.17) is 5.11 Å². The lowest BCUT2D eigenvalue weighted by Crippen LogP contribution is -2.50. The van der Waals surface area contributed by atoms with Gasteiger partial charge in [0.2, 0.25) is 5.91 Å². The number of carbonyl (C=O) groups is 2. The molecule has 1 aromatic rings. The van der Waals surface area contributed by atoms with E-state index in [1.165, 1.54) is 12.3 Å². The number of amides is 1. The zero-order valence-corrected chi connectivity index (χ0v) is 10.7. The number of nitrogens with zero attached hydrogens (tertiary/aromatic N) is 1. The number of carboxylic acids is 1. The van der Waals surface area contributed by atoms with Crippen LogP contribution in [0.25, 0.3) is 0 Å².